The van der Waals surface area contributed by atoms with E-state index < -0.39 is 0 Å². The minimum absolute atomic E-state index is 0. The van der Waals surface area contributed by atoms with Crippen molar-refractivity contribution in [2.24, 2.45) is 17.8 Å². The Kier molecular flexibility index (Phi) is 10.2. The fraction of sp³-hybridized carbons (Fsp3) is 0.938. The molecule has 0 spiro atoms. The monoisotopic (exact) mass is 273 g/mol. The number of amides is 1. The third-order valence-corrected chi connectivity index (χ3v) is 3.17. The fourth-order valence-corrected chi connectivity index (χ4v) is 2.09. The number of hydrogen-bond acceptors (Lipinski definition) is 1. The van der Waals surface area contributed by atoms with Crippen molar-refractivity contribution >= 4 is 5.91 Å². The number of quaternary nitrogens is 1. The van der Waals surface area contributed by atoms with Crippen molar-refractivity contribution in [1.29, 1.82) is 0 Å². The molecule has 0 saturated heterocycles. The van der Waals surface area contributed by atoms with Crippen LogP contribution in [0.2, 0.25) is 0 Å². The Morgan fingerprint density at radius 1 is 1.11 bits per heavy atom. The molecular weight excluding hydrogens is 236 g/mol. The predicted molar refractivity (Wildman–Crippen MR) is 85.0 cm³/mol. The largest absolute Gasteiger partial charge is 0.356 e. The molecule has 3 heteroatoms. The molecule has 0 aliphatic carbocycles. The van der Waals surface area contributed by atoms with E-state index in [1.165, 1.54) is 0 Å². The summed E-state index contributed by atoms with van der Waals surface area (Å²) in [6, 6.07) is 0. The van der Waals surface area contributed by atoms with E-state index in [2.05, 4.69) is 54.2 Å². The van der Waals surface area contributed by atoms with E-state index in [4.69, 9.17) is 0 Å². The highest BCUT2D eigenvalue weighted by Crippen LogP contribution is 2.20. The van der Waals surface area contributed by atoms with Crippen LogP contribution in [0, 0.1) is 17.8 Å². The summed E-state index contributed by atoms with van der Waals surface area (Å²) in [5.74, 6) is 1.40. The highest BCUT2D eigenvalue weighted by molar-refractivity contribution is 5.78. The topological polar surface area (TPSA) is 29.1 Å². The molecule has 19 heavy (non-hydrogen) atoms. The van der Waals surface area contributed by atoms with Crippen molar-refractivity contribution in [3.8, 4) is 0 Å². The number of nitrogens with zero attached hydrogens (tertiary/aromatic N) is 1. The molecule has 1 amide bonds. The molecule has 0 rings (SSSR count). The average molecular weight is 273 g/mol. The van der Waals surface area contributed by atoms with E-state index in [0.717, 1.165) is 30.4 Å². The SMILES string of the molecule is C.CC(C)CC(C(=O)NCCC[N+](C)(C)C)C(C)C. The molecule has 0 aromatic heterocycles. The second kappa shape index (κ2) is 9.35. The van der Waals surface area contributed by atoms with Crippen LogP contribution >= 0.6 is 0 Å². The first-order valence-electron chi connectivity index (χ1n) is 7.21. The summed E-state index contributed by atoms with van der Waals surface area (Å²) in [5, 5.41) is 3.09. The normalized spacial score (nSPS) is 13.3. The summed E-state index contributed by atoms with van der Waals surface area (Å²) < 4.78 is 0.954. The van der Waals surface area contributed by atoms with E-state index >= 15 is 0 Å². The summed E-state index contributed by atoms with van der Waals surface area (Å²) in [6.45, 7) is 10.5. The van der Waals surface area contributed by atoms with Gasteiger partial charge in [0.1, 0.15) is 0 Å². The first-order chi connectivity index (χ1) is 8.13. The van der Waals surface area contributed by atoms with E-state index in [-0.39, 0.29) is 19.3 Å². The van der Waals surface area contributed by atoms with Crippen LogP contribution in [-0.4, -0.2) is 44.6 Å². The highest BCUT2D eigenvalue weighted by Gasteiger charge is 2.22. The molecule has 0 heterocycles. The summed E-state index contributed by atoms with van der Waals surface area (Å²) >= 11 is 0. The number of carbonyl (C=O) groups is 1. The fourth-order valence-electron chi connectivity index (χ4n) is 2.09. The zero-order valence-corrected chi connectivity index (χ0v) is 13.4. The summed E-state index contributed by atoms with van der Waals surface area (Å²) in [4.78, 5) is 12.1. The molecule has 116 valence electrons. The number of hydrogen-bond donors (Lipinski definition) is 1. The van der Waals surface area contributed by atoms with Crippen molar-refractivity contribution < 1.29 is 9.28 Å². The van der Waals surface area contributed by atoms with Gasteiger partial charge in [-0.1, -0.05) is 35.1 Å². The first kappa shape index (κ1) is 20.7. The van der Waals surface area contributed by atoms with Crippen molar-refractivity contribution in [3.05, 3.63) is 0 Å². The molecule has 0 aliphatic heterocycles. The van der Waals surface area contributed by atoms with E-state index in [0.29, 0.717) is 11.8 Å². The third-order valence-electron chi connectivity index (χ3n) is 3.17. The second-order valence-corrected chi connectivity index (χ2v) is 7.14. The Bertz CT molecular complexity index is 242. The van der Waals surface area contributed by atoms with Gasteiger partial charge in [0, 0.05) is 18.9 Å². The van der Waals surface area contributed by atoms with Crippen LogP contribution < -0.4 is 5.32 Å². The summed E-state index contributed by atoms with van der Waals surface area (Å²) in [7, 11) is 6.53. The number of nitrogens with one attached hydrogen (secondary N) is 1. The lowest BCUT2D eigenvalue weighted by molar-refractivity contribution is -0.870. The van der Waals surface area contributed by atoms with Gasteiger partial charge in [0.05, 0.1) is 27.7 Å². The van der Waals surface area contributed by atoms with Gasteiger partial charge >= 0.3 is 0 Å². The lowest BCUT2D eigenvalue weighted by Crippen LogP contribution is -2.39. The highest BCUT2D eigenvalue weighted by atomic mass is 16.1. The van der Waals surface area contributed by atoms with Crippen LogP contribution in [0.25, 0.3) is 0 Å². The molecule has 0 radical (unpaired) electrons. The van der Waals surface area contributed by atoms with E-state index in [9.17, 15) is 4.79 Å². The maximum atomic E-state index is 12.1. The maximum absolute atomic E-state index is 12.1. The summed E-state index contributed by atoms with van der Waals surface area (Å²) in [5.41, 5.74) is 0. The number of carbonyl (C=O) groups excluding carboxylic acids is 1. The molecule has 1 atom stereocenters. The lowest BCUT2D eigenvalue weighted by Gasteiger charge is -2.25. The zero-order chi connectivity index (χ0) is 14.3. The van der Waals surface area contributed by atoms with Gasteiger partial charge < -0.3 is 9.80 Å². The van der Waals surface area contributed by atoms with E-state index in [1.807, 2.05) is 0 Å². The number of rotatable bonds is 8. The van der Waals surface area contributed by atoms with Gasteiger partial charge in [0.25, 0.3) is 0 Å². The average Bonchev–Trinajstić information content (AvgIpc) is 2.18. The standard InChI is InChI=1S/C15H32N2O.CH4/c1-12(2)11-14(13(3)4)15(18)16-9-8-10-17(5,6)7;/h12-14H,8-11H2,1-7H3;1H4/p+1. The van der Waals surface area contributed by atoms with Crippen LogP contribution in [0.5, 0.6) is 0 Å². The molecule has 1 N–H and O–H groups in total. The van der Waals surface area contributed by atoms with Crippen molar-refractivity contribution in [2.45, 2.75) is 48.0 Å². The van der Waals surface area contributed by atoms with Crippen LogP contribution in [0.3, 0.4) is 0 Å². The molecule has 0 aliphatic rings. The minimum atomic E-state index is 0. The van der Waals surface area contributed by atoms with Gasteiger partial charge in [-0.15, -0.1) is 0 Å². The maximum Gasteiger partial charge on any atom is 0.223 e. The molecule has 1 unspecified atom stereocenters. The van der Waals surface area contributed by atoms with Crippen LogP contribution in [0.4, 0.5) is 0 Å². The van der Waals surface area contributed by atoms with Gasteiger partial charge in [0.15, 0.2) is 0 Å². The van der Waals surface area contributed by atoms with E-state index in [1.54, 1.807) is 0 Å². The second-order valence-electron chi connectivity index (χ2n) is 7.14. The molecule has 0 aromatic carbocycles. The first-order valence-corrected chi connectivity index (χ1v) is 7.21. The minimum Gasteiger partial charge on any atom is -0.356 e. The van der Waals surface area contributed by atoms with Gasteiger partial charge in [-0.25, -0.2) is 0 Å². The molecular formula is C16H37N2O+. The third kappa shape index (κ3) is 11.0. The predicted octanol–water partition coefficient (Wildman–Crippen LogP) is 3.15. The lowest BCUT2D eigenvalue weighted by atomic mass is 9.87. The quantitative estimate of drug-likeness (QED) is 0.534. The molecule has 0 fully saturated rings. The van der Waals surface area contributed by atoms with Gasteiger partial charge in [0.2, 0.25) is 5.91 Å². The van der Waals surface area contributed by atoms with Crippen LogP contribution in [0.1, 0.15) is 48.0 Å². The molecule has 0 saturated carbocycles. The Labute approximate surface area is 121 Å². The smallest absolute Gasteiger partial charge is 0.223 e. The Morgan fingerprint density at radius 2 is 1.63 bits per heavy atom. The van der Waals surface area contributed by atoms with Crippen LogP contribution in [-0.2, 0) is 4.79 Å². The van der Waals surface area contributed by atoms with Gasteiger partial charge in [-0.3, -0.25) is 4.79 Å². The van der Waals surface area contributed by atoms with Crippen LogP contribution in [0.15, 0.2) is 0 Å². The molecule has 0 bridgehead atoms. The van der Waals surface area contributed by atoms with Crippen molar-refractivity contribution in [3.63, 3.8) is 0 Å². The van der Waals surface area contributed by atoms with Gasteiger partial charge in [-0.2, -0.15) is 0 Å². The Morgan fingerprint density at radius 3 is 2.00 bits per heavy atom. The Balaban J connectivity index is 0. The van der Waals surface area contributed by atoms with Crippen molar-refractivity contribution in [2.75, 3.05) is 34.2 Å². The zero-order valence-electron chi connectivity index (χ0n) is 13.4. The van der Waals surface area contributed by atoms with Crippen molar-refractivity contribution in [1.82, 2.24) is 5.32 Å². The van der Waals surface area contributed by atoms with Gasteiger partial charge in [-0.05, 0) is 18.3 Å². The Hall–Kier alpha value is -0.570. The molecule has 3 nitrogen and oxygen atoms in total. The molecule has 0 aromatic rings. The summed E-state index contributed by atoms with van der Waals surface area (Å²) in [6.07, 6.45) is 2.03.